The maximum atomic E-state index is 6.22. The number of ether oxygens (including phenoxy) is 2. The molecule has 0 amide bonds. The van der Waals surface area contributed by atoms with Crippen LogP contribution in [-0.2, 0) is 11.3 Å². The highest BCUT2D eigenvalue weighted by atomic mass is 32.2. The van der Waals surface area contributed by atoms with Gasteiger partial charge in [0.2, 0.25) is 5.79 Å². The summed E-state index contributed by atoms with van der Waals surface area (Å²) in [5, 5.41) is 3.35. The minimum absolute atomic E-state index is 0.385. The van der Waals surface area contributed by atoms with Crippen LogP contribution in [-0.4, -0.2) is 25.1 Å². The fraction of sp³-hybridized carbons (Fsp3) is 0.571. The summed E-state index contributed by atoms with van der Waals surface area (Å²) in [6.45, 7) is 4.73. The van der Waals surface area contributed by atoms with Crippen molar-refractivity contribution >= 4 is 11.8 Å². The first-order chi connectivity index (χ1) is 8.72. The molecule has 2 aliphatic rings. The van der Waals surface area contributed by atoms with Gasteiger partial charge in [0.1, 0.15) is 5.75 Å². The number of benzene rings is 1. The van der Waals surface area contributed by atoms with Crippen LogP contribution in [0.1, 0.15) is 24.0 Å². The first-order valence-corrected chi connectivity index (χ1v) is 7.66. The Morgan fingerprint density at radius 3 is 2.78 bits per heavy atom. The highest BCUT2D eigenvalue weighted by molar-refractivity contribution is 7.98. The molecular weight excluding hydrogens is 246 g/mol. The third-order valence-electron chi connectivity index (χ3n) is 3.70. The maximum Gasteiger partial charge on any atom is 0.213 e. The van der Waals surface area contributed by atoms with E-state index in [9.17, 15) is 0 Å². The van der Waals surface area contributed by atoms with Crippen LogP contribution in [0.2, 0.25) is 0 Å². The van der Waals surface area contributed by atoms with Crippen LogP contribution in [0.4, 0.5) is 0 Å². The van der Waals surface area contributed by atoms with Gasteiger partial charge in [-0.1, -0.05) is 0 Å². The molecule has 1 aromatic rings. The number of rotatable bonds is 1. The van der Waals surface area contributed by atoms with Crippen molar-refractivity contribution in [3.05, 3.63) is 23.3 Å². The Morgan fingerprint density at radius 1 is 1.28 bits per heavy atom. The van der Waals surface area contributed by atoms with Gasteiger partial charge >= 0.3 is 0 Å². The molecule has 0 unspecified atom stereocenters. The van der Waals surface area contributed by atoms with Crippen molar-refractivity contribution in [3.8, 4) is 5.75 Å². The highest BCUT2D eigenvalue weighted by Crippen LogP contribution is 2.39. The Labute approximate surface area is 112 Å². The largest absolute Gasteiger partial charge is 0.462 e. The van der Waals surface area contributed by atoms with Gasteiger partial charge in [-0.25, -0.2) is 0 Å². The number of aryl methyl sites for hydroxylation is 1. The molecule has 0 aliphatic carbocycles. The molecule has 1 N–H and O–H groups in total. The Hall–Kier alpha value is -0.710. The molecule has 0 aromatic heterocycles. The van der Waals surface area contributed by atoms with E-state index in [4.69, 9.17) is 9.47 Å². The number of nitrogens with one attached hydrogen (secondary N) is 1. The van der Waals surface area contributed by atoms with Gasteiger partial charge < -0.3 is 14.8 Å². The Bertz CT molecular complexity index is 455. The lowest BCUT2D eigenvalue weighted by atomic mass is 10.0. The van der Waals surface area contributed by atoms with Crippen LogP contribution in [0.25, 0.3) is 0 Å². The third-order valence-corrected chi connectivity index (χ3v) is 4.41. The van der Waals surface area contributed by atoms with Crippen molar-refractivity contribution in [2.75, 3.05) is 19.3 Å². The Kier molecular flexibility index (Phi) is 3.26. The molecule has 3 rings (SSSR count). The summed E-state index contributed by atoms with van der Waals surface area (Å²) < 4.78 is 12.2. The molecule has 1 fully saturated rings. The molecular formula is C14H19NO2S. The zero-order valence-corrected chi connectivity index (χ0v) is 11.7. The van der Waals surface area contributed by atoms with Crippen molar-refractivity contribution in [2.45, 2.75) is 37.1 Å². The standard InChI is InChI=1S/C14H19NO2S/c1-10-7-12(18-2)8-11-9-16-14(17-13(10)11)3-5-15-6-4-14/h7-8,15H,3-6,9H2,1-2H3. The van der Waals surface area contributed by atoms with Crippen LogP contribution in [0.5, 0.6) is 5.75 Å². The average molecular weight is 265 g/mol. The molecule has 0 atom stereocenters. The van der Waals surface area contributed by atoms with E-state index in [0.29, 0.717) is 6.61 Å². The summed E-state index contributed by atoms with van der Waals surface area (Å²) in [7, 11) is 0. The molecule has 1 aromatic carbocycles. The quantitative estimate of drug-likeness (QED) is 0.791. The van der Waals surface area contributed by atoms with Gasteiger partial charge in [-0.3, -0.25) is 0 Å². The molecule has 0 radical (unpaired) electrons. The van der Waals surface area contributed by atoms with Gasteiger partial charge in [0, 0.05) is 36.4 Å². The van der Waals surface area contributed by atoms with E-state index >= 15 is 0 Å². The SMILES string of the molecule is CSc1cc(C)c2c(c1)COC1(CCNCC1)O2. The first-order valence-electron chi connectivity index (χ1n) is 6.44. The van der Waals surface area contributed by atoms with Crippen molar-refractivity contribution in [1.29, 1.82) is 0 Å². The first kappa shape index (κ1) is 12.3. The molecule has 2 heterocycles. The fourth-order valence-electron chi connectivity index (χ4n) is 2.66. The van der Waals surface area contributed by atoms with Crippen LogP contribution >= 0.6 is 11.8 Å². The number of thioether (sulfide) groups is 1. The molecule has 0 saturated carbocycles. The van der Waals surface area contributed by atoms with E-state index in [0.717, 1.165) is 31.7 Å². The molecule has 4 heteroatoms. The lowest BCUT2D eigenvalue weighted by Crippen LogP contribution is -2.50. The molecule has 98 valence electrons. The van der Waals surface area contributed by atoms with Gasteiger partial charge in [0.15, 0.2) is 0 Å². The topological polar surface area (TPSA) is 30.5 Å². The van der Waals surface area contributed by atoms with Gasteiger partial charge in [-0.05, 0) is 30.9 Å². The van der Waals surface area contributed by atoms with Crippen LogP contribution in [0, 0.1) is 6.92 Å². The zero-order chi connectivity index (χ0) is 12.6. The minimum Gasteiger partial charge on any atom is -0.462 e. The van der Waals surface area contributed by atoms with E-state index in [1.165, 1.54) is 16.0 Å². The summed E-state index contributed by atoms with van der Waals surface area (Å²) in [6, 6.07) is 4.38. The molecule has 3 nitrogen and oxygen atoms in total. The minimum atomic E-state index is -0.385. The molecule has 1 saturated heterocycles. The summed E-state index contributed by atoms with van der Waals surface area (Å²) in [5.74, 6) is 0.658. The predicted molar refractivity (Wildman–Crippen MR) is 73.2 cm³/mol. The van der Waals surface area contributed by atoms with E-state index in [1.807, 2.05) is 0 Å². The summed E-state index contributed by atoms with van der Waals surface area (Å²) in [6.07, 6.45) is 3.95. The van der Waals surface area contributed by atoms with Gasteiger partial charge in [0.25, 0.3) is 0 Å². The van der Waals surface area contributed by atoms with Crippen molar-refractivity contribution in [1.82, 2.24) is 5.32 Å². The van der Waals surface area contributed by atoms with Gasteiger partial charge in [-0.15, -0.1) is 11.8 Å². The second kappa shape index (κ2) is 4.76. The van der Waals surface area contributed by atoms with E-state index in [-0.39, 0.29) is 5.79 Å². The molecule has 2 aliphatic heterocycles. The predicted octanol–water partition coefficient (Wildman–Crippen LogP) is 2.71. The van der Waals surface area contributed by atoms with E-state index in [2.05, 4.69) is 30.6 Å². The smallest absolute Gasteiger partial charge is 0.213 e. The van der Waals surface area contributed by atoms with Crippen molar-refractivity contribution in [3.63, 3.8) is 0 Å². The number of hydrogen-bond acceptors (Lipinski definition) is 4. The Morgan fingerprint density at radius 2 is 2.06 bits per heavy atom. The molecule has 0 bridgehead atoms. The summed E-state index contributed by atoms with van der Waals surface area (Å²) in [5.41, 5.74) is 2.40. The second-order valence-electron chi connectivity index (χ2n) is 4.98. The highest BCUT2D eigenvalue weighted by Gasteiger charge is 2.39. The molecule has 1 spiro atoms. The zero-order valence-electron chi connectivity index (χ0n) is 10.9. The second-order valence-corrected chi connectivity index (χ2v) is 5.86. The van der Waals surface area contributed by atoms with Crippen molar-refractivity contribution in [2.24, 2.45) is 0 Å². The number of hydrogen-bond donors (Lipinski definition) is 1. The van der Waals surface area contributed by atoms with Crippen LogP contribution in [0.15, 0.2) is 17.0 Å². The molecule has 18 heavy (non-hydrogen) atoms. The van der Waals surface area contributed by atoms with Crippen LogP contribution < -0.4 is 10.1 Å². The Balaban J connectivity index is 1.92. The van der Waals surface area contributed by atoms with E-state index in [1.54, 1.807) is 11.8 Å². The lowest BCUT2D eigenvalue weighted by Gasteiger charge is -2.41. The van der Waals surface area contributed by atoms with E-state index < -0.39 is 0 Å². The summed E-state index contributed by atoms with van der Waals surface area (Å²) in [4.78, 5) is 1.28. The van der Waals surface area contributed by atoms with Gasteiger partial charge in [-0.2, -0.15) is 0 Å². The monoisotopic (exact) mass is 265 g/mol. The summed E-state index contributed by atoms with van der Waals surface area (Å²) >= 11 is 1.76. The van der Waals surface area contributed by atoms with Crippen LogP contribution in [0.3, 0.4) is 0 Å². The average Bonchev–Trinajstić information content (AvgIpc) is 2.40. The number of fused-ring (bicyclic) bond motifs is 1. The maximum absolute atomic E-state index is 6.22. The fourth-order valence-corrected chi connectivity index (χ4v) is 3.22. The third kappa shape index (κ3) is 2.13. The van der Waals surface area contributed by atoms with Gasteiger partial charge in [0.05, 0.1) is 6.61 Å². The lowest BCUT2D eigenvalue weighted by molar-refractivity contribution is -0.219. The normalized spacial score (nSPS) is 21.4. The number of piperidine rings is 1. The van der Waals surface area contributed by atoms with Crippen molar-refractivity contribution < 1.29 is 9.47 Å².